The van der Waals surface area contributed by atoms with Crippen molar-refractivity contribution < 1.29 is 9.53 Å². The van der Waals surface area contributed by atoms with Crippen molar-refractivity contribution in [3.05, 3.63) is 70.9 Å². The maximum atomic E-state index is 12.8. The number of H-pyrrole nitrogens is 1. The van der Waals surface area contributed by atoms with Crippen LogP contribution < -0.4 is 4.74 Å². The monoisotopic (exact) mass is 333 g/mol. The number of carbonyl (C=O) groups excluding carboxylic acids is 1. The van der Waals surface area contributed by atoms with Gasteiger partial charge >= 0.3 is 0 Å². The van der Waals surface area contributed by atoms with Gasteiger partial charge in [-0.15, -0.1) is 0 Å². The number of nitrogens with one attached hydrogen (secondary N) is 1. The van der Waals surface area contributed by atoms with E-state index < -0.39 is 0 Å². The van der Waals surface area contributed by atoms with Crippen LogP contribution in [-0.4, -0.2) is 28.1 Å². The van der Waals surface area contributed by atoms with Gasteiger partial charge in [-0.1, -0.05) is 24.3 Å². The lowest BCUT2D eigenvalue weighted by atomic mass is 10.0. The van der Waals surface area contributed by atoms with Crippen LogP contribution in [0.25, 0.3) is 11.3 Å². The molecule has 0 radical (unpaired) electrons. The van der Waals surface area contributed by atoms with Gasteiger partial charge in [-0.2, -0.15) is 5.10 Å². The molecular formula is C20H19N3O2. The molecule has 4 rings (SSSR count). The predicted molar refractivity (Wildman–Crippen MR) is 95.3 cm³/mol. The molecule has 5 heteroatoms. The standard InChI is InChI=1S/C20H19N3O2/c1-13-5-3-4-6-16(13)19-17-11-23(12-18(17)21-22-19)20(24)14-7-9-15(25-2)10-8-14/h3-10H,11-12H2,1-2H3,(H,21,22). The normalized spacial score (nSPS) is 13.0. The van der Waals surface area contributed by atoms with Gasteiger partial charge in [0.1, 0.15) is 5.75 Å². The molecule has 0 saturated carbocycles. The lowest BCUT2D eigenvalue weighted by Gasteiger charge is -2.16. The largest absolute Gasteiger partial charge is 0.497 e. The summed E-state index contributed by atoms with van der Waals surface area (Å²) < 4.78 is 5.15. The summed E-state index contributed by atoms with van der Waals surface area (Å²) in [6, 6.07) is 15.4. The number of aromatic nitrogens is 2. The molecule has 1 amide bonds. The van der Waals surface area contributed by atoms with Crippen LogP contribution in [0.2, 0.25) is 0 Å². The van der Waals surface area contributed by atoms with Crippen LogP contribution in [0.3, 0.4) is 0 Å². The molecule has 1 aliphatic rings. The summed E-state index contributed by atoms with van der Waals surface area (Å²) in [5.41, 5.74) is 6.02. The maximum Gasteiger partial charge on any atom is 0.254 e. The quantitative estimate of drug-likeness (QED) is 0.797. The van der Waals surface area contributed by atoms with E-state index in [2.05, 4.69) is 29.3 Å². The minimum absolute atomic E-state index is 0.0167. The van der Waals surface area contributed by atoms with Crippen molar-refractivity contribution in [2.24, 2.45) is 0 Å². The van der Waals surface area contributed by atoms with Crippen molar-refractivity contribution in [2.75, 3.05) is 7.11 Å². The molecule has 5 nitrogen and oxygen atoms in total. The van der Waals surface area contributed by atoms with E-state index >= 15 is 0 Å². The fourth-order valence-electron chi connectivity index (χ4n) is 3.26. The highest BCUT2D eigenvalue weighted by atomic mass is 16.5. The molecule has 1 aromatic heterocycles. The van der Waals surface area contributed by atoms with Gasteiger partial charge in [0, 0.05) is 16.7 Å². The zero-order chi connectivity index (χ0) is 17.4. The Morgan fingerprint density at radius 1 is 1.12 bits per heavy atom. The maximum absolute atomic E-state index is 12.8. The highest BCUT2D eigenvalue weighted by Gasteiger charge is 2.29. The van der Waals surface area contributed by atoms with Crippen LogP contribution in [0.5, 0.6) is 5.75 Å². The molecule has 0 atom stereocenters. The van der Waals surface area contributed by atoms with Crippen LogP contribution in [0.4, 0.5) is 0 Å². The van der Waals surface area contributed by atoms with Crippen molar-refractivity contribution in [1.29, 1.82) is 0 Å². The SMILES string of the molecule is COc1ccc(C(=O)N2Cc3[nH]nc(-c4ccccc4C)c3C2)cc1. The summed E-state index contributed by atoms with van der Waals surface area (Å²) in [6.45, 7) is 3.20. The predicted octanol–water partition coefficient (Wildman–Crippen LogP) is 3.55. The fourth-order valence-corrected chi connectivity index (χ4v) is 3.26. The number of nitrogens with zero attached hydrogens (tertiary/aromatic N) is 2. The third kappa shape index (κ3) is 2.67. The Kier molecular flexibility index (Phi) is 3.76. The summed E-state index contributed by atoms with van der Waals surface area (Å²) in [4.78, 5) is 14.6. The molecule has 0 fully saturated rings. The van der Waals surface area contributed by atoms with Gasteiger partial charge in [0.05, 0.1) is 31.6 Å². The van der Waals surface area contributed by atoms with Gasteiger partial charge in [-0.3, -0.25) is 9.89 Å². The lowest BCUT2D eigenvalue weighted by Crippen LogP contribution is -2.25. The Bertz CT molecular complexity index is 928. The Hall–Kier alpha value is -3.08. The second-order valence-corrected chi connectivity index (χ2v) is 6.23. The number of methoxy groups -OCH3 is 1. The number of aromatic amines is 1. The number of carbonyl (C=O) groups is 1. The average molecular weight is 333 g/mol. The Labute approximate surface area is 146 Å². The molecular weight excluding hydrogens is 314 g/mol. The van der Waals surface area contributed by atoms with E-state index in [1.165, 1.54) is 5.56 Å². The van der Waals surface area contributed by atoms with Crippen molar-refractivity contribution in [2.45, 2.75) is 20.0 Å². The fraction of sp³-hybridized carbons (Fsp3) is 0.200. The molecule has 3 aromatic rings. The number of aryl methyl sites for hydroxylation is 1. The Balaban J connectivity index is 1.59. The molecule has 126 valence electrons. The molecule has 25 heavy (non-hydrogen) atoms. The second-order valence-electron chi connectivity index (χ2n) is 6.23. The third-order valence-corrected chi connectivity index (χ3v) is 4.68. The molecule has 0 spiro atoms. The van der Waals surface area contributed by atoms with Crippen molar-refractivity contribution in [1.82, 2.24) is 15.1 Å². The zero-order valence-electron chi connectivity index (χ0n) is 14.2. The first-order valence-corrected chi connectivity index (χ1v) is 8.23. The van der Waals surface area contributed by atoms with Crippen LogP contribution in [0.15, 0.2) is 48.5 Å². The van der Waals surface area contributed by atoms with E-state index in [9.17, 15) is 4.79 Å². The molecule has 0 bridgehead atoms. The van der Waals surface area contributed by atoms with Gasteiger partial charge in [0.25, 0.3) is 5.91 Å². The minimum Gasteiger partial charge on any atom is -0.497 e. The van der Waals surface area contributed by atoms with Gasteiger partial charge < -0.3 is 9.64 Å². The van der Waals surface area contributed by atoms with E-state index in [4.69, 9.17) is 4.74 Å². The first-order chi connectivity index (χ1) is 12.2. The molecule has 0 unspecified atom stereocenters. The highest BCUT2D eigenvalue weighted by molar-refractivity contribution is 5.94. The van der Waals surface area contributed by atoms with Gasteiger partial charge in [-0.25, -0.2) is 0 Å². The van der Waals surface area contributed by atoms with E-state index in [1.807, 2.05) is 29.2 Å². The van der Waals surface area contributed by atoms with Gasteiger partial charge in [-0.05, 0) is 36.8 Å². The first-order valence-electron chi connectivity index (χ1n) is 8.23. The molecule has 2 heterocycles. The molecule has 2 aromatic carbocycles. The smallest absolute Gasteiger partial charge is 0.254 e. The number of amides is 1. The second kappa shape index (κ2) is 6.09. The lowest BCUT2D eigenvalue weighted by molar-refractivity contribution is 0.0749. The van der Waals surface area contributed by atoms with Gasteiger partial charge in [0.2, 0.25) is 0 Å². The first kappa shape index (κ1) is 15.4. The highest BCUT2D eigenvalue weighted by Crippen LogP contribution is 2.32. The number of benzene rings is 2. The molecule has 0 saturated heterocycles. The van der Waals surface area contributed by atoms with Crippen molar-refractivity contribution >= 4 is 5.91 Å². The molecule has 0 aliphatic carbocycles. The van der Waals surface area contributed by atoms with Crippen LogP contribution in [0, 0.1) is 6.92 Å². The molecule has 1 N–H and O–H groups in total. The number of hydrogen-bond donors (Lipinski definition) is 1. The van der Waals surface area contributed by atoms with E-state index in [-0.39, 0.29) is 5.91 Å². The van der Waals surface area contributed by atoms with Crippen LogP contribution >= 0.6 is 0 Å². The Morgan fingerprint density at radius 2 is 1.88 bits per heavy atom. The summed E-state index contributed by atoms with van der Waals surface area (Å²) in [6.07, 6.45) is 0. The van der Waals surface area contributed by atoms with Crippen molar-refractivity contribution in [3.63, 3.8) is 0 Å². The Morgan fingerprint density at radius 3 is 2.60 bits per heavy atom. The number of hydrogen-bond acceptors (Lipinski definition) is 3. The summed E-state index contributed by atoms with van der Waals surface area (Å²) >= 11 is 0. The average Bonchev–Trinajstić information content (AvgIpc) is 3.22. The van der Waals surface area contributed by atoms with Gasteiger partial charge in [0.15, 0.2) is 0 Å². The number of ether oxygens (including phenoxy) is 1. The van der Waals surface area contributed by atoms with E-state index in [0.29, 0.717) is 18.7 Å². The summed E-state index contributed by atoms with van der Waals surface area (Å²) in [7, 11) is 1.61. The molecule has 1 aliphatic heterocycles. The van der Waals surface area contributed by atoms with Crippen LogP contribution in [0.1, 0.15) is 27.2 Å². The zero-order valence-corrected chi connectivity index (χ0v) is 14.2. The third-order valence-electron chi connectivity index (χ3n) is 4.68. The van der Waals surface area contributed by atoms with E-state index in [1.54, 1.807) is 19.2 Å². The topological polar surface area (TPSA) is 58.2 Å². The summed E-state index contributed by atoms with van der Waals surface area (Å²) in [5, 5.41) is 7.58. The minimum atomic E-state index is 0.0167. The van der Waals surface area contributed by atoms with Crippen LogP contribution in [-0.2, 0) is 13.1 Å². The summed E-state index contributed by atoms with van der Waals surface area (Å²) in [5.74, 6) is 0.761. The van der Waals surface area contributed by atoms with Crippen molar-refractivity contribution in [3.8, 4) is 17.0 Å². The van der Waals surface area contributed by atoms with E-state index in [0.717, 1.165) is 28.3 Å². The number of fused-ring (bicyclic) bond motifs is 1. The number of rotatable bonds is 3.